The zero-order valence-electron chi connectivity index (χ0n) is 16.2. The average molecular weight is 380 g/mol. The van der Waals surface area contributed by atoms with Gasteiger partial charge in [0.05, 0.1) is 29.8 Å². The molecule has 0 aliphatic carbocycles. The number of carbonyl (C=O) groups is 2. The fraction of sp³-hybridized carbons (Fsp3) is 0.318. The number of hydrogen-bond donors (Lipinski definition) is 2. The number of carboxylic acids is 1. The molecule has 0 saturated heterocycles. The minimum Gasteiger partial charge on any atom is -0.478 e. The van der Waals surface area contributed by atoms with Crippen molar-refractivity contribution in [2.45, 2.75) is 39.5 Å². The summed E-state index contributed by atoms with van der Waals surface area (Å²) in [6, 6.07) is 15.3. The number of nitrogens with zero attached hydrogens (tertiary/aromatic N) is 1. The first-order chi connectivity index (χ1) is 13.3. The van der Waals surface area contributed by atoms with E-state index in [2.05, 4.69) is 11.4 Å². The molecule has 2 aromatic rings. The maximum atomic E-state index is 12.7. The van der Waals surface area contributed by atoms with E-state index in [4.69, 9.17) is 15.1 Å². The van der Waals surface area contributed by atoms with Gasteiger partial charge in [-0.1, -0.05) is 38.1 Å². The second-order valence-electron chi connectivity index (χ2n) is 6.95. The molecule has 0 aromatic heterocycles. The normalized spacial score (nSPS) is 12.8. The van der Waals surface area contributed by atoms with Gasteiger partial charge in [-0.15, -0.1) is 0 Å². The van der Waals surface area contributed by atoms with Crippen LogP contribution in [0.1, 0.15) is 53.9 Å². The van der Waals surface area contributed by atoms with Crippen molar-refractivity contribution in [2.24, 2.45) is 5.92 Å². The number of carboxylic acid groups (broad SMARTS) is 1. The molecule has 2 atom stereocenters. The molecule has 6 nitrogen and oxygen atoms in total. The first-order valence-electron chi connectivity index (χ1n) is 9.06. The Morgan fingerprint density at radius 2 is 1.82 bits per heavy atom. The Balaban J connectivity index is 2.01. The average Bonchev–Trinajstić information content (AvgIpc) is 2.68. The molecule has 0 fully saturated rings. The van der Waals surface area contributed by atoms with Gasteiger partial charge in [0.1, 0.15) is 6.10 Å². The summed E-state index contributed by atoms with van der Waals surface area (Å²) < 4.78 is 5.84. The van der Waals surface area contributed by atoms with E-state index in [1.807, 2.05) is 26.8 Å². The highest BCUT2D eigenvalue weighted by molar-refractivity contribution is 5.87. The van der Waals surface area contributed by atoms with Crippen LogP contribution in [0, 0.1) is 17.2 Å². The van der Waals surface area contributed by atoms with E-state index in [0.717, 1.165) is 11.1 Å². The van der Waals surface area contributed by atoms with Gasteiger partial charge in [0.25, 0.3) is 0 Å². The van der Waals surface area contributed by atoms with Crippen LogP contribution < -0.4 is 5.32 Å². The summed E-state index contributed by atoms with van der Waals surface area (Å²) in [6.07, 6.45) is -0.647. The highest BCUT2D eigenvalue weighted by Crippen LogP contribution is 2.17. The topological polar surface area (TPSA) is 99.4 Å². The number of aromatic carboxylic acids is 1. The number of nitriles is 1. The second-order valence-corrected chi connectivity index (χ2v) is 6.95. The van der Waals surface area contributed by atoms with Gasteiger partial charge in [0, 0.05) is 0 Å². The fourth-order valence-electron chi connectivity index (χ4n) is 2.78. The van der Waals surface area contributed by atoms with Crippen LogP contribution in [0.15, 0.2) is 48.5 Å². The third kappa shape index (κ3) is 5.66. The van der Waals surface area contributed by atoms with E-state index in [9.17, 15) is 9.59 Å². The summed E-state index contributed by atoms with van der Waals surface area (Å²) in [4.78, 5) is 23.7. The predicted molar refractivity (Wildman–Crippen MR) is 105 cm³/mol. The number of hydrogen-bond acceptors (Lipinski definition) is 4. The Labute approximate surface area is 164 Å². The smallest absolute Gasteiger partial charge is 0.335 e. The SMILES string of the molecule is CC(NC(=O)C(OCc1cccc(C#N)c1)C(C)C)c1ccc(C(=O)O)cc1. The molecule has 146 valence electrons. The lowest BCUT2D eigenvalue weighted by Crippen LogP contribution is -2.40. The van der Waals surface area contributed by atoms with Gasteiger partial charge in [-0.25, -0.2) is 4.79 Å². The van der Waals surface area contributed by atoms with Crippen molar-refractivity contribution in [2.75, 3.05) is 0 Å². The molecular weight excluding hydrogens is 356 g/mol. The summed E-state index contributed by atoms with van der Waals surface area (Å²) >= 11 is 0. The van der Waals surface area contributed by atoms with Gasteiger partial charge in [0.2, 0.25) is 5.91 Å². The summed E-state index contributed by atoms with van der Waals surface area (Å²) in [7, 11) is 0. The van der Waals surface area contributed by atoms with Gasteiger partial charge >= 0.3 is 5.97 Å². The molecule has 2 unspecified atom stereocenters. The standard InChI is InChI=1S/C22H24N2O4/c1-14(2)20(28-13-17-6-4-5-16(11-17)12-23)21(25)24-15(3)18-7-9-19(10-8-18)22(26)27/h4-11,14-15,20H,13H2,1-3H3,(H,24,25)(H,26,27). The van der Waals surface area contributed by atoms with Crippen molar-refractivity contribution in [3.8, 4) is 6.07 Å². The molecule has 0 aliphatic rings. The molecule has 0 aliphatic heterocycles. The van der Waals surface area contributed by atoms with Crippen LogP contribution in [-0.2, 0) is 16.1 Å². The molecular formula is C22H24N2O4. The van der Waals surface area contributed by atoms with Crippen molar-refractivity contribution in [1.82, 2.24) is 5.32 Å². The van der Waals surface area contributed by atoms with Gasteiger partial charge in [-0.05, 0) is 48.2 Å². The summed E-state index contributed by atoms with van der Waals surface area (Å²) in [5.41, 5.74) is 2.38. The van der Waals surface area contributed by atoms with Crippen molar-refractivity contribution >= 4 is 11.9 Å². The van der Waals surface area contributed by atoms with Crippen LogP contribution >= 0.6 is 0 Å². The quantitative estimate of drug-likeness (QED) is 0.728. The molecule has 2 N–H and O–H groups in total. The first kappa shape index (κ1) is 21.1. The minimum atomic E-state index is -0.989. The third-order valence-corrected chi connectivity index (χ3v) is 4.37. The molecule has 0 heterocycles. The van der Waals surface area contributed by atoms with Crippen LogP contribution in [0.3, 0.4) is 0 Å². The van der Waals surface area contributed by atoms with Gasteiger partial charge in [-0.3, -0.25) is 4.79 Å². The zero-order chi connectivity index (χ0) is 20.7. The van der Waals surface area contributed by atoms with Gasteiger partial charge in [-0.2, -0.15) is 5.26 Å². The second kappa shape index (κ2) is 9.67. The third-order valence-electron chi connectivity index (χ3n) is 4.37. The highest BCUT2D eigenvalue weighted by atomic mass is 16.5. The lowest BCUT2D eigenvalue weighted by Gasteiger charge is -2.23. The Morgan fingerprint density at radius 3 is 2.39 bits per heavy atom. The summed E-state index contributed by atoms with van der Waals surface area (Å²) in [6.45, 7) is 5.87. The van der Waals surface area contributed by atoms with Crippen molar-refractivity contribution in [3.05, 3.63) is 70.8 Å². The van der Waals surface area contributed by atoms with Crippen LogP contribution in [0.5, 0.6) is 0 Å². The lowest BCUT2D eigenvalue weighted by atomic mass is 10.0. The molecule has 0 saturated carbocycles. The molecule has 0 radical (unpaired) electrons. The number of amides is 1. The monoisotopic (exact) mass is 380 g/mol. The Bertz CT molecular complexity index is 869. The number of ether oxygens (including phenoxy) is 1. The molecule has 28 heavy (non-hydrogen) atoms. The fourth-order valence-corrected chi connectivity index (χ4v) is 2.78. The molecule has 1 amide bonds. The first-order valence-corrected chi connectivity index (χ1v) is 9.06. The Kier molecular flexibility index (Phi) is 7.30. The van der Waals surface area contributed by atoms with Crippen LogP contribution in [0.4, 0.5) is 0 Å². The van der Waals surface area contributed by atoms with Crippen molar-refractivity contribution < 1.29 is 19.4 Å². The molecule has 0 bridgehead atoms. The lowest BCUT2D eigenvalue weighted by molar-refractivity contribution is -0.137. The van der Waals surface area contributed by atoms with Crippen molar-refractivity contribution in [3.63, 3.8) is 0 Å². The number of rotatable bonds is 8. The van der Waals surface area contributed by atoms with E-state index in [0.29, 0.717) is 5.56 Å². The van der Waals surface area contributed by atoms with E-state index in [-0.39, 0.29) is 30.0 Å². The maximum Gasteiger partial charge on any atom is 0.335 e. The van der Waals surface area contributed by atoms with E-state index in [1.54, 1.807) is 30.3 Å². The molecule has 0 spiro atoms. The molecule has 6 heteroatoms. The van der Waals surface area contributed by atoms with Crippen molar-refractivity contribution in [1.29, 1.82) is 5.26 Å². The number of nitrogens with one attached hydrogen (secondary N) is 1. The predicted octanol–water partition coefficient (Wildman–Crippen LogP) is 3.68. The molecule has 2 rings (SSSR count). The molecule has 2 aromatic carbocycles. The maximum absolute atomic E-state index is 12.7. The van der Waals surface area contributed by atoms with Gasteiger partial charge in [0.15, 0.2) is 0 Å². The number of carbonyl (C=O) groups excluding carboxylic acids is 1. The van der Waals surface area contributed by atoms with Crippen LogP contribution in [0.2, 0.25) is 0 Å². The summed E-state index contributed by atoms with van der Waals surface area (Å²) in [5, 5.41) is 20.9. The number of benzene rings is 2. The Hall–Kier alpha value is -3.17. The van der Waals surface area contributed by atoms with Crippen LogP contribution in [-0.4, -0.2) is 23.1 Å². The largest absolute Gasteiger partial charge is 0.478 e. The minimum absolute atomic E-state index is 0.0410. The van der Waals surface area contributed by atoms with E-state index < -0.39 is 12.1 Å². The summed E-state index contributed by atoms with van der Waals surface area (Å²) in [5.74, 6) is -1.26. The van der Waals surface area contributed by atoms with Crippen LogP contribution in [0.25, 0.3) is 0 Å². The van der Waals surface area contributed by atoms with E-state index >= 15 is 0 Å². The van der Waals surface area contributed by atoms with E-state index in [1.165, 1.54) is 12.1 Å². The Morgan fingerprint density at radius 1 is 1.14 bits per heavy atom. The highest BCUT2D eigenvalue weighted by Gasteiger charge is 2.24. The zero-order valence-corrected chi connectivity index (χ0v) is 16.2. The van der Waals surface area contributed by atoms with Gasteiger partial charge < -0.3 is 15.2 Å².